The Morgan fingerprint density at radius 1 is 1.10 bits per heavy atom. The van der Waals surface area contributed by atoms with Crippen LogP contribution in [0.5, 0.6) is 0 Å². The molecule has 3 atom stereocenters. The number of rotatable bonds is 6. The lowest BCUT2D eigenvalue weighted by atomic mass is 9.95. The number of carbonyl (C=O) groups excluding carboxylic acids is 1. The van der Waals surface area contributed by atoms with Gasteiger partial charge in [-0.3, -0.25) is 9.10 Å². The first-order chi connectivity index (χ1) is 14.2. The fourth-order valence-corrected chi connectivity index (χ4v) is 6.44. The van der Waals surface area contributed by atoms with Crippen LogP contribution in [0, 0.1) is 25.7 Å². The number of hydrogen-bond donors (Lipinski definition) is 1. The van der Waals surface area contributed by atoms with E-state index in [1.165, 1.54) is 17.1 Å². The molecule has 2 fully saturated rings. The maximum atomic E-state index is 13.5. The largest absolute Gasteiger partial charge is 0.352 e. The first kappa shape index (κ1) is 21.2. The lowest BCUT2D eigenvalue weighted by molar-refractivity contribution is -0.120. The fourth-order valence-electron chi connectivity index (χ4n) is 4.79. The van der Waals surface area contributed by atoms with Crippen LogP contribution in [0.2, 0.25) is 5.02 Å². The number of benzene rings is 2. The lowest BCUT2D eigenvalue weighted by Crippen LogP contribution is -2.46. The highest BCUT2D eigenvalue weighted by molar-refractivity contribution is 7.92. The van der Waals surface area contributed by atoms with Crippen LogP contribution in [0.25, 0.3) is 0 Å². The third-order valence-electron chi connectivity index (χ3n) is 6.42. The first-order valence-corrected chi connectivity index (χ1v) is 12.2. The van der Waals surface area contributed by atoms with Crippen molar-refractivity contribution in [2.75, 3.05) is 10.8 Å². The highest BCUT2D eigenvalue weighted by atomic mass is 35.5. The van der Waals surface area contributed by atoms with Crippen LogP contribution < -0.4 is 9.62 Å². The van der Waals surface area contributed by atoms with Gasteiger partial charge in [0, 0.05) is 11.1 Å². The summed E-state index contributed by atoms with van der Waals surface area (Å²) in [4.78, 5) is 13.1. The number of nitrogens with zero attached hydrogens (tertiary/aromatic N) is 1. The first-order valence-electron chi connectivity index (χ1n) is 10.4. The molecule has 5 nitrogen and oxygen atoms in total. The molecule has 0 spiro atoms. The molecule has 160 valence electrons. The molecule has 0 radical (unpaired) electrons. The van der Waals surface area contributed by atoms with E-state index in [-0.39, 0.29) is 23.4 Å². The minimum absolute atomic E-state index is 0.153. The predicted octanol–water partition coefficient (Wildman–Crippen LogP) is 4.46. The van der Waals surface area contributed by atoms with Gasteiger partial charge in [0.05, 0.1) is 10.6 Å². The molecule has 2 aromatic carbocycles. The number of anilines is 1. The molecular formula is C23H27ClN2O3S. The number of halogens is 1. The molecule has 2 bridgehead atoms. The van der Waals surface area contributed by atoms with Crippen molar-refractivity contribution < 1.29 is 13.2 Å². The van der Waals surface area contributed by atoms with Gasteiger partial charge < -0.3 is 5.32 Å². The van der Waals surface area contributed by atoms with Gasteiger partial charge in [0.2, 0.25) is 5.91 Å². The third-order valence-corrected chi connectivity index (χ3v) is 8.43. The summed E-state index contributed by atoms with van der Waals surface area (Å²) in [5.74, 6) is 0.944. The Morgan fingerprint density at radius 3 is 2.47 bits per heavy atom. The highest BCUT2D eigenvalue weighted by Crippen LogP contribution is 2.44. The lowest BCUT2D eigenvalue weighted by Gasteiger charge is -2.28. The molecule has 1 N–H and O–H groups in total. The number of carbonyl (C=O) groups is 1. The van der Waals surface area contributed by atoms with Crippen molar-refractivity contribution in [3.05, 3.63) is 58.6 Å². The van der Waals surface area contributed by atoms with Crippen molar-refractivity contribution in [2.45, 2.75) is 50.5 Å². The van der Waals surface area contributed by atoms with Gasteiger partial charge in [-0.15, -0.1) is 0 Å². The fraction of sp³-hybridized carbons (Fsp3) is 0.435. The second-order valence-electron chi connectivity index (χ2n) is 8.60. The van der Waals surface area contributed by atoms with Gasteiger partial charge in [-0.05, 0) is 74.8 Å². The van der Waals surface area contributed by atoms with Crippen LogP contribution in [-0.2, 0) is 14.8 Å². The van der Waals surface area contributed by atoms with Crippen molar-refractivity contribution in [2.24, 2.45) is 11.8 Å². The van der Waals surface area contributed by atoms with E-state index in [1.54, 1.807) is 42.5 Å². The van der Waals surface area contributed by atoms with Crippen LogP contribution in [0.4, 0.5) is 5.69 Å². The summed E-state index contributed by atoms with van der Waals surface area (Å²) >= 11 is 6.17. The average molecular weight is 447 g/mol. The van der Waals surface area contributed by atoms with Gasteiger partial charge in [0.1, 0.15) is 6.54 Å². The molecular weight excluding hydrogens is 420 g/mol. The molecule has 30 heavy (non-hydrogen) atoms. The minimum Gasteiger partial charge on any atom is -0.352 e. The molecule has 0 saturated heterocycles. The van der Waals surface area contributed by atoms with Crippen molar-refractivity contribution in [1.29, 1.82) is 0 Å². The van der Waals surface area contributed by atoms with E-state index in [4.69, 9.17) is 11.6 Å². The van der Waals surface area contributed by atoms with E-state index in [1.807, 2.05) is 13.8 Å². The Labute approximate surface area is 183 Å². The summed E-state index contributed by atoms with van der Waals surface area (Å²) in [5.41, 5.74) is 2.13. The molecule has 4 rings (SSSR count). The number of sulfonamides is 1. The normalized spacial score (nSPS) is 22.8. The van der Waals surface area contributed by atoms with Gasteiger partial charge in [0.25, 0.3) is 10.0 Å². The topological polar surface area (TPSA) is 66.5 Å². The van der Waals surface area contributed by atoms with Crippen molar-refractivity contribution in [1.82, 2.24) is 5.32 Å². The summed E-state index contributed by atoms with van der Waals surface area (Å²) in [6, 6.07) is 11.9. The molecule has 2 saturated carbocycles. The number of aryl methyl sites for hydroxylation is 2. The maximum Gasteiger partial charge on any atom is 0.264 e. The van der Waals surface area contributed by atoms with E-state index >= 15 is 0 Å². The van der Waals surface area contributed by atoms with E-state index in [9.17, 15) is 13.2 Å². The quantitative estimate of drug-likeness (QED) is 0.712. The summed E-state index contributed by atoms with van der Waals surface area (Å²) in [5, 5.41) is 3.52. The number of fused-ring (bicyclic) bond motifs is 2. The third kappa shape index (κ3) is 4.21. The molecule has 0 heterocycles. The molecule has 0 aromatic heterocycles. The van der Waals surface area contributed by atoms with E-state index in [2.05, 4.69) is 5.32 Å². The summed E-state index contributed by atoms with van der Waals surface area (Å²) in [6.45, 7) is 3.44. The van der Waals surface area contributed by atoms with Crippen LogP contribution in [0.1, 0.15) is 36.8 Å². The zero-order chi connectivity index (χ0) is 21.5. The second kappa shape index (κ2) is 8.23. The summed E-state index contributed by atoms with van der Waals surface area (Å²) in [6.07, 6.45) is 4.56. The predicted molar refractivity (Wildman–Crippen MR) is 119 cm³/mol. The van der Waals surface area contributed by atoms with E-state index < -0.39 is 10.0 Å². The number of nitrogens with one attached hydrogen (secondary N) is 1. The number of hydrogen-bond acceptors (Lipinski definition) is 3. The molecule has 0 unspecified atom stereocenters. The Balaban J connectivity index is 1.64. The van der Waals surface area contributed by atoms with E-state index in [0.717, 1.165) is 24.0 Å². The Hall–Kier alpha value is -2.05. The molecule has 0 aliphatic heterocycles. The maximum absolute atomic E-state index is 13.5. The minimum atomic E-state index is -3.94. The Morgan fingerprint density at radius 2 is 1.83 bits per heavy atom. The molecule has 2 aliphatic rings. The second-order valence-corrected chi connectivity index (χ2v) is 10.9. The van der Waals surface area contributed by atoms with Crippen LogP contribution >= 0.6 is 11.6 Å². The standard InChI is InChI=1S/C23H27ClN2O3S/c1-15-3-9-20(10-4-15)30(28,29)26(22-13-19(24)8-5-16(22)2)14-23(27)25-21-12-17-6-7-18(21)11-17/h3-5,8-10,13,17-18,21H,6-7,11-12,14H2,1-2H3,(H,25,27)/t17-,18-,21+/m1/s1. The summed E-state index contributed by atoms with van der Waals surface area (Å²) in [7, 11) is -3.94. The molecule has 2 aliphatic carbocycles. The average Bonchev–Trinajstić information content (AvgIpc) is 3.31. The Bertz CT molecular complexity index is 1050. The molecule has 2 aromatic rings. The zero-order valence-electron chi connectivity index (χ0n) is 17.3. The van der Waals surface area contributed by atoms with Gasteiger partial charge in [-0.25, -0.2) is 8.42 Å². The Kier molecular flexibility index (Phi) is 5.82. The van der Waals surface area contributed by atoms with Gasteiger partial charge in [-0.2, -0.15) is 0 Å². The van der Waals surface area contributed by atoms with Crippen LogP contribution in [0.3, 0.4) is 0 Å². The summed E-state index contributed by atoms with van der Waals surface area (Å²) < 4.78 is 28.2. The van der Waals surface area contributed by atoms with Gasteiger partial charge in [0.15, 0.2) is 0 Å². The highest BCUT2D eigenvalue weighted by Gasteiger charge is 2.40. The van der Waals surface area contributed by atoms with Gasteiger partial charge >= 0.3 is 0 Å². The molecule has 1 amide bonds. The monoisotopic (exact) mass is 446 g/mol. The van der Waals surface area contributed by atoms with E-state index in [0.29, 0.717) is 22.5 Å². The smallest absolute Gasteiger partial charge is 0.264 e. The van der Waals surface area contributed by atoms with Crippen LogP contribution in [0.15, 0.2) is 47.4 Å². The van der Waals surface area contributed by atoms with Gasteiger partial charge in [-0.1, -0.05) is 41.8 Å². The zero-order valence-corrected chi connectivity index (χ0v) is 18.8. The van der Waals surface area contributed by atoms with Crippen LogP contribution in [-0.4, -0.2) is 26.9 Å². The number of amides is 1. The molecule has 7 heteroatoms. The van der Waals surface area contributed by atoms with Crippen molar-refractivity contribution in [3.63, 3.8) is 0 Å². The van der Waals surface area contributed by atoms with Crippen molar-refractivity contribution >= 4 is 33.2 Å². The SMILES string of the molecule is Cc1ccc(S(=O)(=O)N(CC(=O)N[C@H]2C[C@@H]3CC[C@@H]2C3)c2cc(Cl)ccc2C)cc1. The van der Waals surface area contributed by atoms with Crippen molar-refractivity contribution in [3.8, 4) is 0 Å².